The molecule has 1 unspecified atom stereocenters. The minimum atomic E-state index is -0.718. The van der Waals surface area contributed by atoms with Gasteiger partial charge < -0.3 is 29.8 Å². The van der Waals surface area contributed by atoms with Crippen LogP contribution in [0.5, 0.6) is 11.5 Å². The van der Waals surface area contributed by atoms with Crippen molar-refractivity contribution >= 4 is 5.78 Å². The van der Waals surface area contributed by atoms with Gasteiger partial charge in [0.25, 0.3) is 0 Å². The van der Waals surface area contributed by atoms with Gasteiger partial charge in [-0.3, -0.25) is 4.79 Å². The smallest absolute Gasteiger partial charge is 0.161 e. The first-order chi connectivity index (χ1) is 18.7. The Morgan fingerprint density at radius 1 is 1.08 bits per heavy atom. The van der Waals surface area contributed by atoms with Gasteiger partial charge in [0, 0.05) is 45.1 Å². The van der Waals surface area contributed by atoms with E-state index < -0.39 is 12.1 Å². The van der Waals surface area contributed by atoms with Crippen LogP contribution in [-0.2, 0) is 20.7 Å². The van der Waals surface area contributed by atoms with E-state index in [1.54, 1.807) is 14.2 Å². The van der Waals surface area contributed by atoms with Crippen molar-refractivity contribution in [1.82, 2.24) is 0 Å². The third-order valence-corrected chi connectivity index (χ3v) is 8.19. The van der Waals surface area contributed by atoms with Crippen molar-refractivity contribution in [2.24, 2.45) is 29.4 Å². The molecule has 0 amide bonds. The number of ether oxygens (including phenoxy) is 4. The van der Waals surface area contributed by atoms with E-state index in [1.807, 2.05) is 12.1 Å². The standard InChI is InChI=1S/C32H55NO6/c1-22(2)25(18-24-11-14-31(37-6)32(19-24)39-17-9-15-36-5)20-28(33)30(35)21-27(23(3)4)29(34)13-12-26-10-7-8-16-38-26/h11,14,19,22-23,25-28,30,35H,7-10,12-13,15-18,20-21,33H2,1-6H3/t25-,26?,27-,28-,30-/m0/s1. The van der Waals surface area contributed by atoms with Gasteiger partial charge in [-0.25, -0.2) is 0 Å². The second-order valence-corrected chi connectivity index (χ2v) is 11.9. The Balaban J connectivity index is 1.97. The number of hydrogen-bond acceptors (Lipinski definition) is 7. The van der Waals surface area contributed by atoms with Gasteiger partial charge in [0.05, 0.1) is 25.9 Å². The van der Waals surface area contributed by atoms with Crippen LogP contribution >= 0.6 is 0 Å². The quantitative estimate of drug-likeness (QED) is 0.217. The highest BCUT2D eigenvalue weighted by Crippen LogP contribution is 2.32. The number of methoxy groups -OCH3 is 2. The zero-order valence-electron chi connectivity index (χ0n) is 25.3. The molecule has 2 rings (SSSR count). The maximum Gasteiger partial charge on any atom is 0.161 e. The molecule has 0 spiro atoms. The van der Waals surface area contributed by atoms with Gasteiger partial charge in [0.15, 0.2) is 11.5 Å². The number of aliphatic hydroxyl groups is 1. The average molecular weight is 550 g/mol. The molecule has 7 nitrogen and oxygen atoms in total. The van der Waals surface area contributed by atoms with Crippen molar-refractivity contribution in [1.29, 1.82) is 0 Å². The van der Waals surface area contributed by atoms with Gasteiger partial charge in [-0.05, 0) is 80.4 Å². The number of aliphatic hydroxyl groups excluding tert-OH is 1. The summed E-state index contributed by atoms with van der Waals surface area (Å²) in [4.78, 5) is 13.1. The summed E-state index contributed by atoms with van der Waals surface area (Å²) in [6.45, 7) is 10.5. The summed E-state index contributed by atoms with van der Waals surface area (Å²) in [7, 11) is 3.33. The Labute approximate surface area is 237 Å². The van der Waals surface area contributed by atoms with Crippen molar-refractivity contribution in [3.8, 4) is 11.5 Å². The summed E-state index contributed by atoms with van der Waals surface area (Å²) < 4.78 is 22.4. The molecule has 1 aliphatic heterocycles. The van der Waals surface area contributed by atoms with E-state index in [2.05, 4.69) is 33.8 Å². The van der Waals surface area contributed by atoms with Crippen molar-refractivity contribution in [3.63, 3.8) is 0 Å². The monoisotopic (exact) mass is 549 g/mol. The van der Waals surface area contributed by atoms with E-state index in [-0.39, 0.29) is 29.6 Å². The number of carbonyl (C=O) groups excluding carboxylic acids is 1. The molecule has 1 saturated heterocycles. The topological polar surface area (TPSA) is 100 Å². The normalized spacial score (nSPS) is 19.1. The fourth-order valence-electron chi connectivity index (χ4n) is 5.48. The molecule has 1 heterocycles. The first-order valence-electron chi connectivity index (χ1n) is 15.0. The number of nitrogens with two attached hydrogens (primary N) is 1. The van der Waals surface area contributed by atoms with Gasteiger partial charge in [-0.1, -0.05) is 33.8 Å². The summed E-state index contributed by atoms with van der Waals surface area (Å²) in [6.07, 6.45) is 6.83. The van der Waals surface area contributed by atoms with E-state index in [9.17, 15) is 9.90 Å². The van der Waals surface area contributed by atoms with Crippen LogP contribution in [-0.4, -0.2) is 63.2 Å². The number of hydrogen-bond donors (Lipinski definition) is 2. The van der Waals surface area contributed by atoms with E-state index in [0.717, 1.165) is 50.0 Å². The minimum Gasteiger partial charge on any atom is -0.493 e. The zero-order chi connectivity index (χ0) is 28.8. The molecule has 39 heavy (non-hydrogen) atoms. The summed E-state index contributed by atoms with van der Waals surface area (Å²) in [5, 5.41) is 11.1. The Hall–Kier alpha value is -1.67. The van der Waals surface area contributed by atoms with Crippen LogP contribution in [0.3, 0.4) is 0 Å². The summed E-state index contributed by atoms with van der Waals surface area (Å²) in [5.74, 6) is 2.30. The second kappa shape index (κ2) is 17.9. The molecule has 0 aromatic heterocycles. The molecule has 0 radical (unpaired) electrons. The van der Waals surface area contributed by atoms with Crippen LogP contribution in [0.25, 0.3) is 0 Å². The highest BCUT2D eigenvalue weighted by atomic mass is 16.5. The molecule has 1 aromatic carbocycles. The second-order valence-electron chi connectivity index (χ2n) is 11.9. The van der Waals surface area contributed by atoms with Crippen molar-refractivity contribution < 1.29 is 28.8 Å². The maximum atomic E-state index is 13.1. The lowest BCUT2D eigenvalue weighted by molar-refractivity contribution is -0.126. The summed E-state index contributed by atoms with van der Waals surface area (Å²) >= 11 is 0. The minimum absolute atomic E-state index is 0.161. The molecule has 7 heteroatoms. The van der Waals surface area contributed by atoms with Crippen LogP contribution in [0.2, 0.25) is 0 Å². The maximum absolute atomic E-state index is 13.1. The van der Waals surface area contributed by atoms with Crippen LogP contribution in [0.4, 0.5) is 0 Å². The lowest BCUT2D eigenvalue weighted by Crippen LogP contribution is -2.40. The van der Waals surface area contributed by atoms with Crippen LogP contribution in [0.15, 0.2) is 18.2 Å². The predicted octanol–water partition coefficient (Wildman–Crippen LogP) is 5.58. The van der Waals surface area contributed by atoms with E-state index in [0.29, 0.717) is 44.1 Å². The van der Waals surface area contributed by atoms with Gasteiger partial charge in [-0.15, -0.1) is 0 Å². The van der Waals surface area contributed by atoms with E-state index >= 15 is 0 Å². The van der Waals surface area contributed by atoms with Gasteiger partial charge in [-0.2, -0.15) is 0 Å². The number of carbonyl (C=O) groups is 1. The van der Waals surface area contributed by atoms with Crippen molar-refractivity contribution in [2.45, 2.75) is 104 Å². The lowest BCUT2D eigenvalue weighted by Gasteiger charge is -2.30. The van der Waals surface area contributed by atoms with Gasteiger partial charge in [0.2, 0.25) is 0 Å². The fourth-order valence-corrected chi connectivity index (χ4v) is 5.48. The summed E-state index contributed by atoms with van der Waals surface area (Å²) in [5.41, 5.74) is 7.73. The van der Waals surface area contributed by atoms with Crippen molar-refractivity contribution in [2.75, 3.05) is 34.0 Å². The van der Waals surface area contributed by atoms with E-state index in [1.165, 1.54) is 6.42 Å². The zero-order valence-corrected chi connectivity index (χ0v) is 25.3. The predicted molar refractivity (Wildman–Crippen MR) is 156 cm³/mol. The molecule has 5 atom stereocenters. The molecule has 1 aromatic rings. The summed E-state index contributed by atoms with van der Waals surface area (Å²) in [6, 6.07) is 5.68. The fraction of sp³-hybridized carbons (Fsp3) is 0.781. The molecule has 0 aliphatic carbocycles. The molecule has 3 N–H and O–H groups in total. The SMILES string of the molecule is COCCCOc1cc(C[C@@H](C[C@H](N)[C@@H](O)C[C@H](C(=O)CCC2CCCCO2)C(C)C)C(C)C)ccc1OC. The van der Waals surface area contributed by atoms with Gasteiger partial charge in [0.1, 0.15) is 5.78 Å². The third-order valence-electron chi connectivity index (χ3n) is 8.19. The average Bonchev–Trinajstić information content (AvgIpc) is 2.92. The highest BCUT2D eigenvalue weighted by molar-refractivity contribution is 5.81. The molecular formula is C32H55NO6. The Morgan fingerprint density at radius 2 is 1.85 bits per heavy atom. The van der Waals surface area contributed by atoms with E-state index in [4.69, 9.17) is 24.7 Å². The Kier molecular flexibility index (Phi) is 15.4. The molecule has 0 bridgehead atoms. The first-order valence-corrected chi connectivity index (χ1v) is 15.0. The Bertz CT molecular complexity index is 823. The van der Waals surface area contributed by atoms with Crippen LogP contribution in [0, 0.1) is 23.7 Å². The van der Waals surface area contributed by atoms with Gasteiger partial charge >= 0.3 is 0 Å². The van der Waals surface area contributed by atoms with Crippen molar-refractivity contribution in [3.05, 3.63) is 23.8 Å². The lowest BCUT2D eigenvalue weighted by atomic mass is 9.79. The number of Topliss-reactive ketones (excluding diaryl/α,β-unsaturated/α-hetero) is 1. The number of rotatable bonds is 19. The number of benzene rings is 1. The highest BCUT2D eigenvalue weighted by Gasteiger charge is 2.30. The molecule has 0 saturated carbocycles. The van der Waals surface area contributed by atoms with Crippen LogP contribution in [0.1, 0.15) is 84.6 Å². The molecule has 224 valence electrons. The first kappa shape index (κ1) is 33.5. The molecule has 1 aliphatic rings. The van der Waals surface area contributed by atoms with Crippen LogP contribution < -0.4 is 15.2 Å². The Morgan fingerprint density at radius 3 is 2.46 bits per heavy atom. The molecule has 1 fully saturated rings. The number of ketones is 1. The largest absolute Gasteiger partial charge is 0.493 e. The third kappa shape index (κ3) is 11.8. The molecular weight excluding hydrogens is 494 g/mol.